The molecule has 1 heterocycles. The van der Waals surface area contributed by atoms with E-state index >= 15 is 0 Å². The lowest BCUT2D eigenvalue weighted by Crippen LogP contribution is -2.37. The lowest BCUT2D eigenvalue weighted by Gasteiger charge is -2.16. The van der Waals surface area contributed by atoms with Crippen molar-refractivity contribution in [2.24, 2.45) is 0 Å². The number of hydrogen-bond donors (Lipinski definition) is 1. The van der Waals surface area contributed by atoms with Crippen LogP contribution >= 0.6 is 0 Å². The van der Waals surface area contributed by atoms with E-state index in [1.165, 1.54) is 17.6 Å². The lowest BCUT2D eigenvalue weighted by molar-refractivity contribution is 0.0598. The highest BCUT2D eigenvalue weighted by Gasteiger charge is 2.17. The molecule has 0 saturated carbocycles. The normalized spacial score (nSPS) is 10.4. The summed E-state index contributed by atoms with van der Waals surface area (Å²) < 4.78 is 10.2. The van der Waals surface area contributed by atoms with Crippen LogP contribution in [0.1, 0.15) is 33.9 Å². The van der Waals surface area contributed by atoms with Crippen molar-refractivity contribution in [3.8, 4) is 0 Å². The zero-order valence-corrected chi connectivity index (χ0v) is 14.9. The van der Waals surface area contributed by atoms with Gasteiger partial charge >= 0.3 is 12.0 Å². The minimum Gasteiger partial charge on any atom is -0.465 e. The van der Waals surface area contributed by atoms with E-state index in [0.29, 0.717) is 23.6 Å². The van der Waals surface area contributed by atoms with Gasteiger partial charge in [0.1, 0.15) is 17.1 Å². The van der Waals surface area contributed by atoms with Gasteiger partial charge in [0.2, 0.25) is 0 Å². The molecule has 1 aromatic heterocycles. The van der Waals surface area contributed by atoms with Crippen molar-refractivity contribution in [1.82, 2.24) is 10.2 Å². The smallest absolute Gasteiger partial charge is 0.341 e. The van der Waals surface area contributed by atoms with Gasteiger partial charge in [-0.15, -0.1) is 0 Å². The van der Waals surface area contributed by atoms with Gasteiger partial charge in [-0.3, -0.25) is 0 Å². The minimum absolute atomic E-state index is 0.179. The van der Waals surface area contributed by atoms with Crippen LogP contribution in [0.15, 0.2) is 40.8 Å². The molecule has 0 aliphatic carbocycles. The largest absolute Gasteiger partial charge is 0.465 e. The average molecular weight is 344 g/mol. The number of urea groups is 1. The number of hydrogen-bond acceptors (Lipinski definition) is 4. The van der Waals surface area contributed by atoms with E-state index in [1.807, 2.05) is 18.2 Å². The summed E-state index contributed by atoms with van der Waals surface area (Å²) in [5.41, 5.74) is 1.64. The summed E-state index contributed by atoms with van der Waals surface area (Å²) in [5, 5.41) is 2.88. The highest BCUT2D eigenvalue weighted by atomic mass is 16.5. The predicted molar refractivity (Wildman–Crippen MR) is 94.4 cm³/mol. The summed E-state index contributed by atoms with van der Waals surface area (Å²) in [7, 11) is 3.01. The highest BCUT2D eigenvalue weighted by molar-refractivity contribution is 5.90. The van der Waals surface area contributed by atoms with Crippen LogP contribution in [-0.2, 0) is 17.7 Å². The third-order valence-electron chi connectivity index (χ3n) is 3.88. The van der Waals surface area contributed by atoms with Crippen molar-refractivity contribution in [1.29, 1.82) is 0 Å². The van der Waals surface area contributed by atoms with Crippen LogP contribution in [-0.4, -0.2) is 37.6 Å². The third kappa shape index (κ3) is 5.38. The minimum atomic E-state index is -0.444. The van der Waals surface area contributed by atoms with Gasteiger partial charge in [0, 0.05) is 13.6 Å². The van der Waals surface area contributed by atoms with Crippen molar-refractivity contribution >= 4 is 12.0 Å². The van der Waals surface area contributed by atoms with Gasteiger partial charge in [-0.2, -0.15) is 0 Å². The number of benzene rings is 1. The first-order valence-electron chi connectivity index (χ1n) is 8.21. The first kappa shape index (κ1) is 18.6. The number of furan rings is 1. The van der Waals surface area contributed by atoms with Gasteiger partial charge in [0.25, 0.3) is 0 Å². The monoisotopic (exact) mass is 344 g/mol. The molecule has 0 aliphatic heterocycles. The van der Waals surface area contributed by atoms with Gasteiger partial charge in [-0.25, -0.2) is 9.59 Å². The molecular weight excluding hydrogens is 320 g/mol. The van der Waals surface area contributed by atoms with Crippen LogP contribution in [0.4, 0.5) is 4.79 Å². The van der Waals surface area contributed by atoms with E-state index in [2.05, 4.69) is 17.4 Å². The Labute approximate surface area is 147 Å². The molecule has 2 rings (SSSR count). The maximum atomic E-state index is 12.1. The van der Waals surface area contributed by atoms with Crippen LogP contribution in [0.3, 0.4) is 0 Å². The highest BCUT2D eigenvalue weighted by Crippen LogP contribution is 2.17. The van der Waals surface area contributed by atoms with Gasteiger partial charge in [0.05, 0.1) is 13.7 Å². The quantitative estimate of drug-likeness (QED) is 0.619. The molecule has 0 aliphatic rings. The summed E-state index contributed by atoms with van der Waals surface area (Å²) in [6.07, 6.45) is 1.79. The van der Waals surface area contributed by atoms with Crippen LogP contribution in [0.5, 0.6) is 0 Å². The standard InChI is InChI=1S/C19H24N2O4/c1-14-17(18(22)24-3)12-16(25-14)13-21(2)19(23)20-11-7-10-15-8-5-4-6-9-15/h4-6,8-9,12H,7,10-11,13H2,1-3H3,(H,20,23). The van der Waals surface area contributed by atoms with Gasteiger partial charge in [0.15, 0.2) is 0 Å². The van der Waals surface area contributed by atoms with E-state index in [9.17, 15) is 9.59 Å². The number of carbonyl (C=O) groups is 2. The molecule has 25 heavy (non-hydrogen) atoms. The summed E-state index contributed by atoms with van der Waals surface area (Å²) in [6.45, 7) is 2.57. The summed E-state index contributed by atoms with van der Waals surface area (Å²) in [5.74, 6) is 0.582. The molecule has 2 amide bonds. The molecule has 1 N–H and O–H groups in total. The second-order valence-corrected chi connectivity index (χ2v) is 5.85. The number of methoxy groups -OCH3 is 1. The summed E-state index contributed by atoms with van der Waals surface area (Å²) in [6, 6.07) is 11.6. The van der Waals surface area contributed by atoms with Crippen molar-refractivity contribution in [2.75, 3.05) is 20.7 Å². The SMILES string of the molecule is COC(=O)c1cc(CN(C)C(=O)NCCCc2ccccc2)oc1C. The van der Waals surface area contributed by atoms with Gasteiger partial charge < -0.3 is 19.4 Å². The molecule has 1 aromatic carbocycles. The maximum Gasteiger partial charge on any atom is 0.341 e. The number of esters is 1. The maximum absolute atomic E-state index is 12.1. The number of rotatable bonds is 7. The Kier molecular flexibility index (Phi) is 6.62. The fraction of sp³-hybridized carbons (Fsp3) is 0.368. The number of carbonyl (C=O) groups excluding carboxylic acids is 2. The van der Waals surface area contributed by atoms with Crippen LogP contribution in [0.2, 0.25) is 0 Å². The van der Waals surface area contributed by atoms with E-state index in [1.54, 1.807) is 20.0 Å². The van der Waals surface area contributed by atoms with Crippen LogP contribution in [0, 0.1) is 6.92 Å². The fourth-order valence-electron chi connectivity index (χ4n) is 2.51. The Morgan fingerprint density at radius 3 is 2.64 bits per heavy atom. The number of ether oxygens (including phenoxy) is 1. The molecule has 0 fully saturated rings. The second-order valence-electron chi connectivity index (χ2n) is 5.85. The number of aryl methyl sites for hydroxylation is 2. The van der Waals surface area contributed by atoms with E-state index < -0.39 is 5.97 Å². The molecule has 2 aromatic rings. The Hall–Kier alpha value is -2.76. The van der Waals surface area contributed by atoms with Crippen molar-refractivity contribution < 1.29 is 18.7 Å². The zero-order chi connectivity index (χ0) is 18.2. The molecule has 0 atom stereocenters. The Morgan fingerprint density at radius 1 is 1.24 bits per heavy atom. The molecule has 0 radical (unpaired) electrons. The van der Waals surface area contributed by atoms with Gasteiger partial charge in [-0.1, -0.05) is 30.3 Å². The second kappa shape index (κ2) is 8.92. The molecule has 0 bridgehead atoms. The molecular formula is C19H24N2O4. The lowest BCUT2D eigenvalue weighted by atomic mass is 10.1. The van der Waals surface area contributed by atoms with Crippen molar-refractivity contribution in [2.45, 2.75) is 26.3 Å². The summed E-state index contributed by atoms with van der Waals surface area (Å²) in [4.78, 5) is 25.2. The van der Waals surface area contributed by atoms with Crippen LogP contribution in [0.25, 0.3) is 0 Å². The Morgan fingerprint density at radius 2 is 1.96 bits per heavy atom. The summed E-state index contributed by atoms with van der Waals surface area (Å²) >= 11 is 0. The van der Waals surface area contributed by atoms with E-state index in [-0.39, 0.29) is 12.6 Å². The Bertz CT molecular complexity index is 709. The molecule has 0 spiro atoms. The molecule has 6 heteroatoms. The molecule has 0 saturated heterocycles. The number of nitrogens with one attached hydrogen (secondary N) is 1. The first-order chi connectivity index (χ1) is 12.0. The van der Waals surface area contributed by atoms with Crippen LogP contribution < -0.4 is 5.32 Å². The third-order valence-corrected chi connectivity index (χ3v) is 3.88. The van der Waals surface area contributed by atoms with Crippen molar-refractivity contribution in [3.63, 3.8) is 0 Å². The topological polar surface area (TPSA) is 71.8 Å². The zero-order valence-electron chi connectivity index (χ0n) is 14.9. The van der Waals surface area contributed by atoms with Gasteiger partial charge in [-0.05, 0) is 31.4 Å². The van der Waals surface area contributed by atoms with E-state index in [4.69, 9.17) is 9.15 Å². The predicted octanol–water partition coefficient (Wildman–Crippen LogP) is 3.15. The molecule has 134 valence electrons. The number of nitrogens with zero attached hydrogens (tertiary/aromatic N) is 1. The number of amides is 2. The Balaban J connectivity index is 1.77. The molecule has 6 nitrogen and oxygen atoms in total. The van der Waals surface area contributed by atoms with E-state index in [0.717, 1.165) is 12.8 Å². The first-order valence-corrected chi connectivity index (χ1v) is 8.21. The molecule has 0 unspecified atom stereocenters. The average Bonchev–Trinajstić information content (AvgIpc) is 2.98. The fourth-order valence-corrected chi connectivity index (χ4v) is 2.51. The van der Waals surface area contributed by atoms with Crippen molar-refractivity contribution in [3.05, 3.63) is 59.0 Å².